The van der Waals surface area contributed by atoms with Crippen LogP contribution in [0.1, 0.15) is 17.0 Å². The highest BCUT2D eigenvalue weighted by Gasteiger charge is 2.05. The van der Waals surface area contributed by atoms with Gasteiger partial charge in [-0.25, -0.2) is 4.98 Å². The third-order valence-electron chi connectivity index (χ3n) is 1.68. The molecule has 0 spiro atoms. The largest absolute Gasteiger partial charge is 0.496 e. The molecule has 0 saturated carbocycles. The van der Waals surface area contributed by atoms with Crippen LogP contribution in [0.25, 0.3) is 0 Å². The summed E-state index contributed by atoms with van der Waals surface area (Å²) in [4.78, 5) is 4.06. The Morgan fingerprint density at radius 1 is 1.50 bits per heavy atom. The van der Waals surface area contributed by atoms with E-state index in [2.05, 4.69) is 4.98 Å². The van der Waals surface area contributed by atoms with Gasteiger partial charge < -0.3 is 4.74 Å². The van der Waals surface area contributed by atoms with Gasteiger partial charge >= 0.3 is 0 Å². The summed E-state index contributed by atoms with van der Waals surface area (Å²) in [5, 5.41) is 8.69. The van der Waals surface area contributed by atoms with Crippen molar-refractivity contribution in [2.45, 2.75) is 13.8 Å². The van der Waals surface area contributed by atoms with Crippen LogP contribution in [0.4, 0.5) is 0 Å². The van der Waals surface area contributed by atoms with E-state index in [0.717, 1.165) is 17.0 Å². The van der Waals surface area contributed by atoms with Gasteiger partial charge in [0.2, 0.25) is 0 Å². The summed E-state index contributed by atoms with van der Waals surface area (Å²) in [5.41, 5.74) is 2.03. The van der Waals surface area contributed by atoms with E-state index in [-0.39, 0.29) is 0 Å². The second-order valence-corrected chi connectivity index (χ2v) is 2.55. The first kappa shape index (κ1) is 8.54. The molecule has 1 aromatic rings. The van der Waals surface area contributed by atoms with Crippen LogP contribution in [-0.4, -0.2) is 12.1 Å². The molecule has 3 heteroatoms. The van der Waals surface area contributed by atoms with E-state index in [9.17, 15) is 0 Å². The van der Waals surface area contributed by atoms with Crippen LogP contribution < -0.4 is 4.74 Å². The van der Waals surface area contributed by atoms with Crippen molar-refractivity contribution in [3.63, 3.8) is 0 Å². The summed E-state index contributed by atoms with van der Waals surface area (Å²) in [6.45, 7) is 3.66. The molecular formula is C9H10N2O. The third-order valence-corrected chi connectivity index (χ3v) is 1.68. The predicted octanol–water partition coefficient (Wildman–Crippen LogP) is 1.58. The van der Waals surface area contributed by atoms with Crippen molar-refractivity contribution in [1.29, 1.82) is 5.26 Å². The summed E-state index contributed by atoms with van der Waals surface area (Å²) < 4.78 is 5.08. The van der Waals surface area contributed by atoms with Gasteiger partial charge in [-0.05, 0) is 13.8 Å². The molecule has 62 valence electrons. The van der Waals surface area contributed by atoms with E-state index in [1.54, 1.807) is 7.11 Å². The molecule has 1 rings (SSSR count). The zero-order chi connectivity index (χ0) is 9.14. The maximum atomic E-state index is 8.69. The molecule has 0 atom stereocenters. The quantitative estimate of drug-likeness (QED) is 0.629. The molecule has 0 unspecified atom stereocenters. The van der Waals surface area contributed by atoms with Gasteiger partial charge in [-0.3, -0.25) is 0 Å². The molecule has 0 fully saturated rings. The van der Waals surface area contributed by atoms with E-state index in [0.29, 0.717) is 5.69 Å². The minimum Gasteiger partial charge on any atom is -0.496 e. The summed E-state index contributed by atoms with van der Waals surface area (Å²) in [7, 11) is 1.59. The van der Waals surface area contributed by atoms with Crippen LogP contribution >= 0.6 is 0 Å². The van der Waals surface area contributed by atoms with E-state index in [1.165, 1.54) is 0 Å². The maximum absolute atomic E-state index is 8.69. The van der Waals surface area contributed by atoms with Crippen LogP contribution in [0.15, 0.2) is 6.07 Å². The number of hydrogen-bond acceptors (Lipinski definition) is 3. The SMILES string of the molecule is COc1cc(C)nc(C#N)c1C. The van der Waals surface area contributed by atoms with Crippen molar-refractivity contribution in [2.24, 2.45) is 0 Å². The number of aryl methyl sites for hydroxylation is 1. The molecule has 0 aromatic carbocycles. The molecular weight excluding hydrogens is 152 g/mol. The molecule has 0 bridgehead atoms. The van der Waals surface area contributed by atoms with Crippen LogP contribution in [-0.2, 0) is 0 Å². The van der Waals surface area contributed by atoms with E-state index < -0.39 is 0 Å². The topological polar surface area (TPSA) is 45.9 Å². The van der Waals surface area contributed by atoms with Gasteiger partial charge in [-0.1, -0.05) is 0 Å². The Morgan fingerprint density at radius 2 is 2.17 bits per heavy atom. The Balaban J connectivity index is 3.34. The first-order chi connectivity index (χ1) is 5.69. The van der Waals surface area contributed by atoms with Crippen molar-refractivity contribution in [3.05, 3.63) is 23.0 Å². The lowest BCUT2D eigenvalue weighted by atomic mass is 10.2. The van der Waals surface area contributed by atoms with Crippen molar-refractivity contribution < 1.29 is 4.74 Å². The van der Waals surface area contributed by atoms with Crippen LogP contribution in [0.3, 0.4) is 0 Å². The standard InChI is InChI=1S/C9H10N2O/c1-6-4-9(12-3)7(2)8(5-10)11-6/h4H,1-3H3. The fourth-order valence-electron chi connectivity index (χ4n) is 1.03. The molecule has 0 aliphatic carbocycles. The lowest BCUT2D eigenvalue weighted by molar-refractivity contribution is 0.410. The predicted molar refractivity (Wildman–Crippen MR) is 45.0 cm³/mol. The first-order valence-electron chi connectivity index (χ1n) is 3.61. The lowest BCUT2D eigenvalue weighted by Crippen LogP contribution is -1.95. The van der Waals surface area contributed by atoms with Crippen molar-refractivity contribution >= 4 is 0 Å². The van der Waals surface area contributed by atoms with E-state index in [1.807, 2.05) is 26.0 Å². The fraction of sp³-hybridized carbons (Fsp3) is 0.333. The molecule has 1 heterocycles. The zero-order valence-electron chi connectivity index (χ0n) is 7.38. The normalized spacial score (nSPS) is 9.17. The number of hydrogen-bond donors (Lipinski definition) is 0. The number of methoxy groups -OCH3 is 1. The van der Waals surface area contributed by atoms with Gasteiger partial charge in [0.1, 0.15) is 17.5 Å². The highest BCUT2D eigenvalue weighted by molar-refractivity contribution is 5.42. The Bertz CT molecular complexity index is 339. The van der Waals surface area contributed by atoms with Crippen LogP contribution in [0.2, 0.25) is 0 Å². The molecule has 3 nitrogen and oxygen atoms in total. The summed E-state index contributed by atoms with van der Waals surface area (Å²) in [5.74, 6) is 0.721. The average molecular weight is 162 g/mol. The second kappa shape index (κ2) is 3.22. The molecule has 1 aromatic heterocycles. The fourth-order valence-corrected chi connectivity index (χ4v) is 1.03. The smallest absolute Gasteiger partial charge is 0.147 e. The Labute approximate surface area is 71.6 Å². The first-order valence-corrected chi connectivity index (χ1v) is 3.61. The number of pyridine rings is 1. The number of aromatic nitrogens is 1. The summed E-state index contributed by atoms with van der Waals surface area (Å²) >= 11 is 0. The van der Waals surface area contributed by atoms with Gasteiger partial charge in [0.05, 0.1) is 7.11 Å². The molecule has 0 amide bonds. The molecule has 0 saturated heterocycles. The molecule has 0 radical (unpaired) electrons. The van der Waals surface area contributed by atoms with Crippen LogP contribution in [0.5, 0.6) is 5.75 Å². The minimum atomic E-state index is 0.437. The van der Waals surface area contributed by atoms with Crippen LogP contribution in [0, 0.1) is 25.2 Å². The number of rotatable bonds is 1. The van der Waals surface area contributed by atoms with Gasteiger partial charge in [0.15, 0.2) is 0 Å². The summed E-state index contributed by atoms with van der Waals surface area (Å²) in [6.07, 6.45) is 0. The van der Waals surface area contributed by atoms with E-state index in [4.69, 9.17) is 10.00 Å². The number of nitriles is 1. The second-order valence-electron chi connectivity index (χ2n) is 2.55. The molecule has 0 aliphatic heterocycles. The molecule has 12 heavy (non-hydrogen) atoms. The highest BCUT2D eigenvalue weighted by atomic mass is 16.5. The lowest BCUT2D eigenvalue weighted by Gasteiger charge is -2.05. The zero-order valence-corrected chi connectivity index (χ0v) is 7.38. The number of nitrogens with zero attached hydrogens (tertiary/aromatic N) is 2. The van der Waals surface area contributed by atoms with E-state index >= 15 is 0 Å². The highest BCUT2D eigenvalue weighted by Crippen LogP contribution is 2.19. The Kier molecular flexibility index (Phi) is 2.29. The Hall–Kier alpha value is -1.56. The maximum Gasteiger partial charge on any atom is 0.147 e. The third kappa shape index (κ3) is 1.37. The summed E-state index contributed by atoms with van der Waals surface area (Å²) in [6, 6.07) is 3.84. The minimum absolute atomic E-state index is 0.437. The van der Waals surface area contributed by atoms with Gasteiger partial charge in [0, 0.05) is 17.3 Å². The molecule has 0 N–H and O–H groups in total. The van der Waals surface area contributed by atoms with Crippen molar-refractivity contribution in [3.8, 4) is 11.8 Å². The monoisotopic (exact) mass is 162 g/mol. The van der Waals surface area contributed by atoms with Crippen molar-refractivity contribution in [2.75, 3.05) is 7.11 Å². The van der Waals surface area contributed by atoms with Crippen molar-refractivity contribution in [1.82, 2.24) is 4.98 Å². The number of ether oxygens (including phenoxy) is 1. The van der Waals surface area contributed by atoms with Gasteiger partial charge in [-0.15, -0.1) is 0 Å². The molecule has 0 aliphatic rings. The average Bonchev–Trinajstić information content (AvgIpc) is 2.08. The van der Waals surface area contributed by atoms with Gasteiger partial charge in [0.25, 0.3) is 0 Å². The Morgan fingerprint density at radius 3 is 2.67 bits per heavy atom. The van der Waals surface area contributed by atoms with Gasteiger partial charge in [-0.2, -0.15) is 5.26 Å².